The molecule has 0 amide bonds. The smallest absolute Gasteiger partial charge is 0.208 e. The molecule has 106 valence electrons. The molecule has 2 atom stereocenters. The maximum atomic E-state index is 6.23. The van der Waals surface area contributed by atoms with Crippen LogP contribution in [0.1, 0.15) is 19.8 Å². The van der Waals surface area contributed by atoms with E-state index in [4.69, 9.17) is 5.73 Å². The molecule has 0 bridgehead atoms. The van der Waals surface area contributed by atoms with E-state index in [0.717, 1.165) is 28.8 Å². The highest BCUT2D eigenvalue weighted by atomic mass is 32.1. The van der Waals surface area contributed by atoms with Crippen molar-refractivity contribution in [3.05, 3.63) is 30.3 Å². The topological polar surface area (TPSA) is 55.0 Å². The average molecular weight is 288 g/mol. The van der Waals surface area contributed by atoms with Crippen molar-refractivity contribution in [3.8, 4) is 10.6 Å². The van der Waals surface area contributed by atoms with Gasteiger partial charge < -0.3 is 10.6 Å². The lowest BCUT2D eigenvalue weighted by atomic mass is 9.99. The minimum absolute atomic E-state index is 0.263. The van der Waals surface area contributed by atoms with E-state index >= 15 is 0 Å². The number of hydrogen-bond acceptors (Lipinski definition) is 5. The Morgan fingerprint density at radius 2 is 2.05 bits per heavy atom. The molecule has 0 unspecified atom stereocenters. The number of nitrogens with zero attached hydrogens (tertiary/aromatic N) is 3. The van der Waals surface area contributed by atoms with Crippen LogP contribution in [0.25, 0.3) is 10.6 Å². The summed E-state index contributed by atoms with van der Waals surface area (Å²) in [5.41, 5.74) is 7.35. The Labute approximate surface area is 123 Å². The Balaban J connectivity index is 1.75. The van der Waals surface area contributed by atoms with Gasteiger partial charge in [0.2, 0.25) is 5.13 Å². The van der Waals surface area contributed by atoms with Gasteiger partial charge in [-0.05, 0) is 12.3 Å². The van der Waals surface area contributed by atoms with Crippen molar-refractivity contribution in [2.45, 2.75) is 25.8 Å². The molecule has 2 N–H and O–H groups in total. The van der Waals surface area contributed by atoms with Gasteiger partial charge in [-0.2, -0.15) is 0 Å². The van der Waals surface area contributed by atoms with E-state index in [2.05, 4.69) is 34.2 Å². The highest BCUT2D eigenvalue weighted by molar-refractivity contribution is 7.18. The first-order chi connectivity index (χ1) is 9.78. The van der Waals surface area contributed by atoms with Gasteiger partial charge in [0.15, 0.2) is 0 Å². The third kappa shape index (κ3) is 2.69. The zero-order chi connectivity index (χ0) is 13.9. The molecule has 0 spiro atoms. The Morgan fingerprint density at radius 1 is 1.25 bits per heavy atom. The first-order valence-corrected chi connectivity index (χ1v) is 7.99. The molecule has 1 aromatic carbocycles. The van der Waals surface area contributed by atoms with Crippen molar-refractivity contribution in [2.75, 3.05) is 18.0 Å². The molecule has 20 heavy (non-hydrogen) atoms. The summed E-state index contributed by atoms with van der Waals surface area (Å²) in [6.45, 7) is 4.13. The van der Waals surface area contributed by atoms with E-state index in [1.165, 1.54) is 12.8 Å². The summed E-state index contributed by atoms with van der Waals surface area (Å²) in [6, 6.07) is 10.5. The number of anilines is 1. The summed E-state index contributed by atoms with van der Waals surface area (Å²) in [4.78, 5) is 2.29. The van der Waals surface area contributed by atoms with Gasteiger partial charge in [-0.25, -0.2) is 0 Å². The normalized spacial score (nSPS) is 22.4. The fourth-order valence-electron chi connectivity index (χ4n) is 2.77. The molecule has 4 nitrogen and oxygen atoms in total. The second kappa shape index (κ2) is 5.89. The zero-order valence-corrected chi connectivity index (χ0v) is 12.5. The number of nitrogens with two attached hydrogens (primary N) is 1. The first-order valence-electron chi connectivity index (χ1n) is 7.17. The SMILES string of the molecule is CCC[C@@H]1CN(c2nnc(-c3ccccc3)s2)C[C@H]1N. The van der Waals surface area contributed by atoms with Crippen LogP contribution >= 0.6 is 11.3 Å². The van der Waals surface area contributed by atoms with E-state index in [9.17, 15) is 0 Å². The molecule has 1 aliphatic rings. The van der Waals surface area contributed by atoms with E-state index in [1.54, 1.807) is 11.3 Å². The molecule has 0 radical (unpaired) electrons. The van der Waals surface area contributed by atoms with Gasteiger partial charge in [0.25, 0.3) is 0 Å². The van der Waals surface area contributed by atoms with Crippen molar-refractivity contribution in [1.29, 1.82) is 0 Å². The van der Waals surface area contributed by atoms with Crippen molar-refractivity contribution in [1.82, 2.24) is 10.2 Å². The zero-order valence-electron chi connectivity index (χ0n) is 11.7. The van der Waals surface area contributed by atoms with E-state index in [0.29, 0.717) is 5.92 Å². The predicted octanol–water partition coefficient (Wildman–Crippen LogP) is 2.77. The Kier molecular flexibility index (Phi) is 3.98. The monoisotopic (exact) mass is 288 g/mol. The van der Waals surface area contributed by atoms with Crippen LogP contribution in [0.3, 0.4) is 0 Å². The van der Waals surface area contributed by atoms with Crippen LogP contribution in [-0.2, 0) is 0 Å². The maximum Gasteiger partial charge on any atom is 0.208 e. The van der Waals surface area contributed by atoms with Crippen molar-refractivity contribution >= 4 is 16.5 Å². The fourth-order valence-corrected chi connectivity index (χ4v) is 3.64. The maximum absolute atomic E-state index is 6.23. The van der Waals surface area contributed by atoms with Gasteiger partial charge in [0.1, 0.15) is 5.01 Å². The molecular weight excluding hydrogens is 268 g/mol. The molecule has 0 saturated carbocycles. The van der Waals surface area contributed by atoms with Gasteiger partial charge >= 0.3 is 0 Å². The summed E-state index contributed by atoms with van der Waals surface area (Å²) < 4.78 is 0. The molecule has 1 aromatic heterocycles. The number of hydrogen-bond donors (Lipinski definition) is 1. The van der Waals surface area contributed by atoms with E-state index < -0.39 is 0 Å². The van der Waals surface area contributed by atoms with Gasteiger partial charge in [-0.1, -0.05) is 55.0 Å². The van der Waals surface area contributed by atoms with Crippen LogP contribution in [0.5, 0.6) is 0 Å². The lowest BCUT2D eigenvalue weighted by molar-refractivity contribution is 0.472. The van der Waals surface area contributed by atoms with Crippen LogP contribution in [0, 0.1) is 5.92 Å². The summed E-state index contributed by atoms with van der Waals surface area (Å²) in [5.74, 6) is 0.587. The molecule has 2 heterocycles. The number of rotatable bonds is 4. The Morgan fingerprint density at radius 3 is 2.80 bits per heavy atom. The van der Waals surface area contributed by atoms with E-state index in [-0.39, 0.29) is 6.04 Å². The third-order valence-corrected chi connectivity index (χ3v) is 4.89. The Hall–Kier alpha value is -1.46. The molecule has 1 saturated heterocycles. The van der Waals surface area contributed by atoms with Crippen LogP contribution in [0.15, 0.2) is 30.3 Å². The second-order valence-corrected chi connectivity index (χ2v) is 6.33. The minimum atomic E-state index is 0.263. The molecule has 5 heteroatoms. The molecule has 0 aliphatic carbocycles. The van der Waals surface area contributed by atoms with Gasteiger partial charge in [-0.15, -0.1) is 10.2 Å². The highest BCUT2D eigenvalue weighted by Gasteiger charge is 2.31. The van der Waals surface area contributed by atoms with E-state index in [1.807, 2.05) is 18.2 Å². The summed E-state index contributed by atoms with van der Waals surface area (Å²) >= 11 is 1.65. The number of benzene rings is 1. The summed E-state index contributed by atoms with van der Waals surface area (Å²) in [5, 5.41) is 10.6. The number of aromatic nitrogens is 2. The summed E-state index contributed by atoms with van der Waals surface area (Å²) in [6.07, 6.45) is 2.39. The standard InChI is InChI=1S/C15H20N4S/c1-2-6-12-9-19(10-13(12)16)15-18-17-14(20-15)11-7-4-3-5-8-11/h3-5,7-8,12-13H,2,6,9-10,16H2,1H3/t12-,13-/m1/s1. The van der Waals surface area contributed by atoms with Crippen LogP contribution < -0.4 is 10.6 Å². The molecule has 3 rings (SSSR count). The molecule has 1 aliphatic heterocycles. The second-order valence-electron chi connectivity index (χ2n) is 5.37. The Bertz CT molecular complexity index is 554. The molecule has 2 aromatic rings. The van der Waals surface area contributed by atoms with Crippen molar-refractivity contribution < 1.29 is 0 Å². The minimum Gasteiger partial charge on any atom is -0.345 e. The van der Waals surface area contributed by atoms with Crippen molar-refractivity contribution in [2.24, 2.45) is 11.7 Å². The van der Waals surface area contributed by atoms with Crippen LogP contribution in [-0.4, -0.2) is 29.3 Å². The third-order valence-electron chi connectivity index (χ3n) is 3.86. The quantitative estimate of drug-likeness (QED) is 0.940. The first kappa shape index (κ1) is 13.5. The molecule has 1 fully saturated rings. The fraction of sp³-hybridized carbons (Fsp3) is 0.467. The van der Waals surface area contributed by atoms with Gasteiger partial charge in [0, 0.05) is 24.7 Å². The van der Waals surface area contributed by atoms with Gasteiger partial charge in [-0.3, -0.25) is 0 Å². The average Bonchev–Trinajstić information content (AvgIpc) is 3.08. The molecular formula is C15H20N4S. The lowest BCUT2D eigenvalue weighted by Crippen LogP contribution is -2.29. The van der Waals surface area contributed by atoms with Crippen LogP contribution in [0.2, 0.25) is 0 Å². The van der Waals surface area contributed by atoms with Gasteiger partial charge in [0.05, 0.1) is 0 Å². The predicted molar refractivity (Wildman–Crippen MR) is 83.9 cm³/mol. The van der Waals surface area contributed by atoms with Crippen LogP contribution in [0.4, 0.5) is 5.13 Å². The lowest BCUT2D eigenvalue weighted by Gasteiger charge is -2.13. The summed E-state index contributed by atoms with van der Waals surface area (Å²) in [7, 11) is 0. The largest absolute Gasteiger partial charge is 0.345 e. The van der Waals surface area contributed by atoms with Crippen molar-refractivity contribution in [3.63, 3.8) is 0 Å². The highest BCUT2D eigenvalue weighted by Crippen LogP contribution is 2.32.